The Morgan fingerprint density at radius 2 is 1.95 bits per heavy atom. The van der Waals surface area contributed by atoms with Crippen LogP contribution in [0.3, 0.4) is 0 Å². The second-order valence-electron chi connectivity index (χ2n) is 5.20. The third-order valence-corrected chi connectivity index (χ3v) is 5.67. The van der Waals surface area contributed by atoms with E-state index >= 15 is 0 Å². The van der Waals surface area contributed by atoms with Gasteiger partial charge >= 0.3 is 0 Å². The monoisotopic (exact) mass is 357 g/mol. The van der Waals surface area contributed by atoms with E-state index in [0.717, 1.165) is 20.2 Å². The van der Waals surface area contributed by atoms with E-state index in [1.807, 2.05) is 18.2 Å². The molecule has 1 aliphatic rings. The minimum absolute atomic E-state index is 0.0911. The van der Waals surface area contributed by atoms with Crippen molar-refractivity contribution in [3.63, 3.8) is 0 Å². The van der Waals surface area contributed by atoms with Crippen LogP contribution in [0, 0.1) is 0 Å². The average molecular weight is 358 g/mol. The molecule has 2 nitrogen and oxygen atoms in total. The molecule has 2 heterocycles. The quantitative estimate of drug-likeness (QED) is 0.641. The minimum atomic E-state index is 0.0911. The van der Waals surface area contributed by atoms with Crippen LogP contribution >= 0.6 is 27.3 Å². The fourth-order valence-corrected chi connectivity index (χ4v) is 4.52. The minimum Gasteiger partial charge on any atom is -0.325 e. The maximum atomic E-state index is 12.1. The van der Waals surface area contributed by atoms with E-state index in [9.17, 15) is 4.79 Å². The molecule has 1 atom stereocenters. The maximum Gasteiger partial charge on any atom is 0.225 e. The molecule has 1 unspecified atom stereocenters. The summed E-state index contributed by atoms with van der Waals surface area (Å²) < 4.78 is 1.10. The second-order valence-corrected chi connectivity index (χ2v) is 7.69. The van der Waals surface area contributed by atoms with Gasteiger partial charge in [-0.05, 0) is 39.0 Å². The lowest BCUT2D eigenvalue weighted by Crippen LogP contribution is -2.23. The molecule has 2 aromatic carbocycles. The highest BCUT2D eigenvalue weighted by Crippen LogP contribution is 2.43. The molecule has 0 aliphatic carbocycles. The van der Waals surface area contributed by atoms with Gasteiger partial charge in [0.05, 0.1) is 9.47 Å². The summed E-state index contributed by atoms with van der Waals surface area (Å²) in [7, 11) is 0. The van der Waals surface area contributed by atoms with Crippen LogP contribution in [0.2, 0.25) is 0 Å². The van der Waals surface area contributed by atoms with Crippen molar-refractivity contribution in [3.05, 3.63) is 62.8 Å². The van der Waals surface area contributed by atoms with Crippen molar-refractivity contribution in [3.8, 4) is 0 Å². The Morgan fingerprint density at radius 3 is 2.76 bits per heavy atom. The lowest BCUT2D eigenvalue weighted by atomic mass is 9.87. The Bertz CT molecular complexity index is 855. The number of fused-ring (bicyclic) bond motifs is 3. The second kappa shape index (κ2) is 4.97. The van der Waals surface area contributed by atoms with E-state index in [1.165, 1.54) is 10.4 Å². The number of hydrogen-bond acceptors (Lipinski definition) is 2. The summed E-state index contributed by atoms with van der Waals surface area (Å²) in [5, 5.41) is 5.33. The van der Waals surface area contributed by atoms with Gasteiger partial charge in [0.2, 0.25) is 5.91 Å². The molecule has 0 radical (unpaired) electrons. The van der Waals surface area contributed by atoms with Gasteiger partial charge in [-0.2, -0.15) is 0 Å². The topological polar surface area (TPSA) is 29.1 Å². The molecule has 0 spiro atoms. The third kappa shape index (κ3) is 2.19. The molecule has 4 rings (SSSR count). The third-order valence-electron chi connectivity index (χ3n) is 3.93. The Hall–Kier alpha value is -1.65. The predicted octanol–water partition coefficient (Wildman–Crippen LogP) is 5.14. The number of anilines is 1. The van der Waals surface area contributed by atoms with Gasteiger partial charge in [-0.25, -0.2) is 0 Å². The fourth-order valence-electron chi connectivity index (χ4n) is 2.97. The van der Waals surface area contributed by atoms with Gasteiger partial charge in [-0.1, -0.05) is 36.4 Å². The number of amides is 1. The highest BCUT2D eigenvalue weighted by atomic mass is 79.9. The van der Waals surface area contributed by atoms with Crippen LogP contribution < -0.4 is 5.32 Å². The van der Waals surface area contributed by atoms with Crippen LogP contribution in [0.25, 0.3) is 10.8 Å². The van der Waals surface area contributed by atoms with Crippen LogP contribution in [0.5, 0.6) is 0 Å². The van der Waals surface area contributed by atoms with E-state index in [0.29, 0.717) is 6.42 Å². The normalized spacial score (nSPS) is 17.6. The van der Waals surface area contributed by atoms with Gasteiger partial charge in [-0.3, -0.25) is 4.79 Å². The Morgan fingerprint density at radius 1 is 1.10 bits per heavy atom. The number of benzene rings is 2. The first-order chi connectivity index (χ1) is 10.2. The van der Waals surface area contributed by atoms with Gasteiger partial charge in [0.15, 0.2) is 0 Å². The molecule has 1 N–H and O–H groups in total. The lowest BCUT2D eigenvalue weighted by molar-refractivity contribution is -0.116. The smallest absolute Gasteiger partial charge is 0.225 e. The Kier molecular flexibility index (Phi) is 3.08. The van der Waals surface area contributed by atoms with Gasteiger partial charge in [0, 0.05) is 22.6 Å². The summed E-state index contributed by atoms with van der Waals surface area (Å²) in [6, 6.07) is 16.6. The van der Waals surface area contributed by atoms with Crippen molar-refractivity contribution in [2.45, 2.75) is 12.3 Å². The highest BCUT2D eigenvalue weighted by Gasteiger charge is 2.28. The molecule has 1 aliphatic heterocycles. The highest BCUT2D eigenvalue weighted by molar-refractivity contribution is 9.11. The van der Waals surface area contributed by atoms with Gasteiger partial charge in [-0.15, -0.1) is 11.3 Å². The summed E-state index contributed by atoms with van der Waals surface area (Å²) in [4.78, 5) is 13.4. The summed E-state index contributed by atoms with van der Waals surface area (Å²) in [5.74, 6) is 0.239. The molecule has 0 saturated carbocycles. The molecule has 3 aromatic rings. The number of rotatable bonds is 1. The number of hydrogen-bond donors (Lipinski definition) is 1. The van der Waals surface area contributed by atoms with E-state index < -0.39 is 0 Å². The number of carbonyl (C=O) groups is 1. The lowest BCUT2D eigenvalue weighted by Gasteiger charge is -2.26. The van der Waals surface area contributed by atoms with Gasteiger partial charge in [0.25, 0.3) is 0 Å². The molecule has 0 fully saturated rings. The first-order valence-corrected chi connectivity index (χ1v) is 8.40. The first kappa shape index (κ1) is 13.0. The molecule has 1 aromatic heterocycles. The van der Waals surface area contributed by atoms with Crippen LogP contribution in [-0.4, -0.2) is 5.91 Å². The Balaban J connectivity index is 1.95. The summed E-state index contributed by atoms with van der Waals surface area (Å²) in [6.07, 6.45) is 0.512. The summed E-state index contributed by atoms with van der Waals surface area (Å²) >= 11 is 5.21. The van der Waals surface area contributed by atoms with E-state index in [1.54, 1.807) is 11.3 Å². The Labute approximate surface area is 134 Å². The molecular weight excluding hydrogens is 346 g/mol. The number of carbonyl (C=O) groups excluding carboxylic acids is 1. The van der Waals surface area contributed by atoms with Gasteiger partial charge < -0.3 is 5.32 Å². The summed E-state index contributed by atoms with van der Waals surface area (Å²) in [5.41, 5.74) is 2.18. The standard InChI is InChI=1S/C17H12BrNOS/c18-15-8-7-14(21-15)13-9-16(20)19-17-11-4-2-1-3-10(11)5-6-12(13)17/h1-8,13H,9H2,(H,19,20). The molecule has 1 amide bonds. The molecule has 0 bridgehead atoms. The zero-order chi connectivity index (χ0) is 14.4. The van der Waals surface area contributed by atoms with Crippen LogP contribution in [0.4, 0.5) is 5.69 Å². The molecule has 0 saturated heterocycles. The number of nitrogens with one attached hydrogen (secondary N) is 1. The maximum absolute atomic E-state index is 12.1. The zero-order valence-electron chi connectivity index (χ0n) is 11.1. The van der Waals surface area contributed by atoms with Crippen LogP contribution in [-0.2, 0) is 4.79 Å². The molecule has 21 heavy (non-hydrogen) atoms. The average Bonchev–Trinajstić information content (AvgIpc) is 2.93. The van der Waals surface area contributed by atoms with Crippen molar-refractivity contribution in [1.29, 1.82) is 0 Å². The van der Waals surface area contributed by atoms with Crippen molar-refractivity contribution in [1.82, 2.24) is 0 Å². The summed E-state index contributed by atoms with van der Waals surface area (Å²) in [6.45, 7) is 0. The SMILES string of the molecule is O=C1CC(c2ccc(Br)s2)c2ccc3ccccc3c2N1. The van der Waals surface area contributed by atoms with E-state index in [4.69, 9.17) is 0 Å². The van der Waals surface area contributed by atoms with Crippen molar-refractivity contribution < 1.29 is 4.79 Å². The van der Waals surface area contributed by atoms with Gasteiger partial charge in [0.1, 0.15) is 0 Å². The van der Waals surface area contributed by atoms with Crippen LogP contribution in [0.1, 0.15) is 22.8 Å². The van der Waals surface area contributed by atoms with Crippen molar-refractivity contribution in [2.24, 2.45) is 0 Å². The number of halogens is 1. The molecule has 104 valence electrons. The largest absolute Gasteiger partial charge is 0.325 e. The van der Waals surface area contributed by atoms with Crippen LogP contribution in [0.15, 0.2) is 52.3 Å². The zero-order valence-corrected chi connectivity index (χ0v) is 13.5. The van der Waals surface area contributed by atoms with E-state index in [-0.39, 0.29) is 11.8 Å². The molecular formula is C17H12BrNOS. The fraction of sp³-hybridized carbons (Fsp3) is 0.118. The molecule has 4 heteroatoms. The first-order valence-electron chi connectivity index (χ1n) is 6.79. The number of thiophene rings is 1. The van der Waals surface area contributed by atoms with E-state index in [2.05, 4.69) is 51.6 Å². The predicted molar refractivity (Wildman–Crippen MR) is 91.1 cm³/mol. The van der Waals surface area contributed by atoms with Crippen molar-refractivity contribution >= 4 is 49.6 Å². The van der Waals surface area contributed by atoms with Crippen molar-refractivity contribution in [2.75, 3.05) is 5.32 Å².